The van der Waals surface area contributed by atoms with Crippen molar-refractivity contribution in [3.8, 4) is 11.5 Å². The number of hydrogen-bond acceptors (Lipinski definition) is 3. The number of alkyl halides is 3. The molecule has 1 aromatic carbocycles. The molecule has 0 aliphatic rings. The van der Waals surface area contributed by atoms with Crippen molar-refractivity contribution in [1.29, 1.82) is 0 Å². The smallest absolute Gasteiger partial charge is 0.405 e. The van der Waals surface area contributed by atoms with Crippen LogP contribution in [0.25, 0.3) is 0 Å². The van der Waals surface area contributed by atoms with Crippen molar-refractivity contribution < 1.29 is 27.4 Å². The fourth-order valence-corrected chi connectivity index (χ4v) is 1.50. The summed E-state index contributed by atoms with van der Waals surface area (Å²) in [6.45, 7) is 0.333. The number of amides is 1. The molecule has 0 aliphatic carbocycles. The van der Waals surface area contributed by atoms with E-state index >= 15 is 0 Å². The Morgan fingerprint density at radius 2 is 1.68 bits per heavy atom. The summed E-state index contributed by atoms with van der Waals surface area (Å²) in [4.78, 5) is 11.6. The number of hydrogen-bond donors (Lipinski definition) is 1. The molecule has 0 aromatic heterocycles. The van der Waals surface area contributed by atoms with Gasteiger partial charge in [0, 0.05) is 11.1 Å². The van der Waals surface area contributed by atoms with Gasteiger partial charge in [0.1, 0.15) is 18.0 Å². The third kappa shape index (κ3) is 4.04. The highest BCUT2D eigenvalue weighted by atomic mass is 19.4. The third-order valence-corrected chi connectivity index (χ3v) is 2.46. The molecule has 0 radical (unpaired) electrons. The van der Waals surface area contributed by atoms with Crippen molar-refractivity contribution in [3.05, 3.63) is 23.3 Å². The van der Waals surface area contributed by atoms with E-state index < -0.39 is 18.6 Å². The number of benzene rings is 1. The highest BCUT2D eigenvalue weighted by Crippen LogP contribution is 2.29. The van der Waals surface area contributed by atoms with Crippen molar-refractivity contribution in [2.75, 3.05) is 20.8 Å². The van der Waals surface area contributed by atoms with E-state index in [1.54, 1.807) is 12.2 Å². The molecule has 0 saturated carbocycles. The normalized spacial score (nSPS) is 11.1. The first-order valence-electron chi connectivity index (χ1n) is 5.36. The third-order valence-electron chi connectivity index (χ3n) is 2.46. The van der Waals surface area contributed by atoms with E-state index in [4.69, 9.17) is 9.47 Å². The van der Waals surface area contributed by atoms with Crippen LogP contribution >= 0.6 is 0 Å². The summed E-state index contributed by atoms with van der Waals surface area (Å²) >= 11 is 0. The molecule has 7 heteroatoms. The van der Waals surface area contributed by atoms with E-state index in [2.05, 4.69) is 0 Å². The van der Waals surface area contributed by atoms with Crippen LogP contribution in [0.2, 0.25) is 0 Å². The van der Waals surface area contributed by atoms with Crippen molar-refractivity contribution in [1.82, 2.24) is 5.32 Å². The molecule has 0 aliphatic heterocycles. The number of rotatable bonds is 4. The van der Waals surface area contributed by atoms with Crippen LogP contribution in [0.15, 0.2) is 12.1 Å². The van der Waals surface area contributed by atoms with Gasteiger partial charge in [-0.3, -0.25) is 4.79 Å². The first kappa shape index (κ1) is 15.1. The standard InChI is InChI=1S/C12H14F3NO3/c1-7-9(18-2)4-8(5-10(7)19-3)11(17)16-6-12(13,14)15/h4-5H,6H2,1-3H3,(H,16,17). The van der Waals surface area contributed by atoms with E-state index in [1.165, 1.54) is 26.4 Å². The predicted octanol–water partition coefficient (Wildman–Crippen LogP) is 2.30. The number of carbonyl (C=O) groups is 1. The second kappa shape index (κ2) is 5.81. The lowest BCUT2D eigenvalue weighted by molar-refractivity contribution is -0.123. The average molecular weight is 277 g/mol. The first-order chi connectivity index (χ1) is 8.78. The maximum Gasteiger partial charge on any atom is 0.405 e. The van der Waals surface area contributed by atoms with Crippen LogP contribution in [0, 0.1) is 6.92 Å². The summed E-state index contributed by atoms with van der Waals surface area (Å²) in [5, 5.41) is 1.79. The highest BCUT2D eigenvalue weighted by molar-refractivity contribution is 5.95. The largest absolute Gasteiger partial charge is 0.496 e. The lowest BCUT2D eigenvalue weighted by atomic mass is 10.1. The van der Waals surface area contributed by atoms with Gasteiger partial charge in [0.05, 0.1) is 14.2 Å². The Morgan fingerprint density at radius 1 is 1.21 bits per heavy atom. The second-order valence-corrected chi connectivity index (χ2v) is 3.80. The fourth-order valence-electron chi connectivity index (χ4n) is 1.50. The summed E-state index contributed by atoms with van der Waals surface area (Å²) in [7, 11) is 2.80. The number of ether oxygens (including phenoxy) is 2. The van der Waals surface area contributed by atoms with Crippen LogP contribution in [0.5, 0.6) is 11.5 Å². The summed E-state index contributed by atoms with van der Waals surface area (Å²) in [6, 6.07) is 2.73. The average Bonchev–Trinajstić information content (AvgIpc) is 2.35. The quantitative estimate of drug-likeness (QED) is 0.918. The van der Waals surface area contributed by atoms with Crippen molar-refractivity contribution >= 4 is 5.91 Å². The molecular weight excluding hydrogens is 263 g/mol. The molecule has 1 aromatic rings. The Hall–Kier alpha value is -1.92. The first-order valence-corrected chi connectivity index (χ1v) is 5.36. The Morgan fingerprint density at radius 3 is 2.05 bits per heavy atom. The van der Waals surface area contributed by atoms with E-state index in [1.807, 2.05) is 0 Å². The van der Waals surface area contributed by atoms with E-state index in [9.17, 15) is 18.0 Å². The van der Waals surface area contributed by atoms with Gasteiger partial charge < -0.3 is 14.8 Å². The Balaban J connectivity index is 2.97. The Kier molecular flexibility index (Phi) is 4.63. The monoisotopic (exact) mass is 277 g/mol. The molecule has 0 atom stereocenters. The topological polar surface area (TPSA) is 47.6 Å². The Bertz CT molecular complexity index is 447. The highest BCUT2D eigenvalue weighted by Gasteiger charge is 2.28. The van der Waals surface area contributed by atoms with Crippen molar-refractivity contribution in [3.63, 3.8) is 0 Å². The number of halogens is 3. The molecule has 4 nitrogen and oxygen atoms in total. The number of carbonyl (C=O) groups excluding carboxylic acids is 1. The van der Waals surface area contributed by atoms with Gasteiger partial charge in [-0.15, -0.1) is 0 Å². The summed E-state index contributed by atoms with van der Waals surface area (Å²) < 4.78 is 46.2. The lowest BCUT2D eigenvalue weighted by Gasteiger charge is -2.13. The van der Waals surface area contributed by atoms with Crippen molar-refractivity contribution in [2.45, 2.75) is 13.1 Å². The summed E-state index contributed by atoms with van der Waals surface area (Å²) in [5.74, 6) is -0.0954. The molecule has 0 saturated heterocycles. The zero-order valence-corrected chi connectivity index (χ0v) is 10.7. The molecular formula is C12H14F3NO3. The van der Waals surface area contributed by atoms with Gasteiger partial charge in [0.25, 0.3) is 5.91 Å². The summed E-state index contributed by atoms with van der Waals surface area (Å²) in [5.41, 5.74) is 0.709. The van der Waals surface area contributed by atoms with Gasteiger partial charge in [0.2, 0.25) is 0 Å². The van der Waals surface area contributed by atoms with Gasteiger partial charge in [0.15, 0.2) is 0 Å². The fraction of sp³-hybridized carbons (Fsp3) is 0.417. The van der Waals surface area contributed by atoms with Crippen LogP contribution in [0.3, 0.4) is 0 Å². The van der Waals surface area contributed by atoms with Gasteiger partial charge in [-0.25, -0.2) is 0 Å². The van der Waals surface area contributed by atoms with Crippen LogP contribution in [-0.4, -0.2) is 32.8 Å². The van der Waals surface area contributed by atoms with Crippen molar-refractivity contribution in [2.24, 2.45) is 0 Å². The van der Waals surface area contributed by atoms with Crippen LogP contribution in [0.4, 0.5) is 13.2 Å². The lowest BCUT2D eigenvalue weighted by Crippen LogP contribution is -2.33. The molecule has 1 rings (SSSR count). The molecule has 0 fully saturated rings. The van der Waals surface area contributed by atoms with E-state index in [0.29, 0.717) is 17.1 Å². The maximum atomic E-state index is 12.0. The molecule has 0 spiro atoms. The van der Waals surface area contributed by atoms with Gasteiger partial charge in [-0.2, -0.15) is 13.2 Å². The zero-order valence-electron chi connectivity index (χ0n) is 10.7. The zero-order chi connectivity index (χ0) is 14.6. The molecule has 0 unspecified atom stereocenters. The predicted molar refractivity (Wildman–Crippen MR) is 62.7 cm³/mol. The molecule has 0 bridgehead atoms. The van der Waals surface area contributed by atoms with Gasteiger partial charge in [-0.1, -0.05) is 0 Å². The van der Waals surface area contributed by atoms with Crippen LogP contribution in [0.1, 0.15) is 15.9 Å². The molecule has 106 valence electrons. The van der Waals surface area contributed by atoms with Gasteiger partial charge >= 0.3 is 6.18 Å². The number of methoxy groups -OCH3 is 2. The minimum atomic E-state index is -4.45. The van der Waals surface area contributed by atoms with Gasteiger partial charge in [-0.05, 0) is 19.1 Å². The van der Waals surface area contributed by atoms with Crippen LogP contribution in [-0.2, 0) is 0 Å². The Labute approximate surface area is 108 Å². The summed E-state index contributed by atoms with van der Waals surface area (Å²) in [6.07, 6.45) is -4.45. The SMILES string of the molecule is COc1cc(C(=O)NCC(F)(F)F)cc(OC)c1C. The van der Waals surface area contributed by atoms with Crippen LogP contribution < -0.4 is 14.8 Å². The molecule has 0 heterocycles. The number of nitrogens with one attached hydrogen (secondary N) is 1. The second-order valence-electron chi connectivity index (χ2n) is 3.80. The minimum absolute atomic E-state index is 0.0450. The van der Waals surface area contributed by atoms with E-state index in [-0.39, 0.29) is 5.56 Å². The maximum absolute atomic E-state index is 12.0. The molecule has 19 heavy (non-hydrogen) atoms. The molecule has 1 amide bonds. The van der Waals surface area contributed by atoms with E-state index in [0.717, 1.165) is 0 Å². The minimum Gasteiger partial charge on any atom is -0.496 e. The molecule has 1 N–H and O–H groups in total.